The van der Waals surface area contributed by atoms with E-state index in [1.54, 1.807) is 4.90 Å². The lowest BCUT2D eigenvalue weighted by atomic mass is 10.1. The quantitative estimate of drug-likeness (QED) is 0.586. The van der Waals surface area contributed by atoms with E-state index in [0.717, 1.165) is 30.0 Å². The molecule has 0 aromatic heterocycles. The summed E-state index contributed by atoms with van der Waals surface area (Å²) < 4.78 is 5.32. The van der Waals surface area contributed by atoms with E-state index in [2.05, 4.69) is 4.90 Å². The maximum Gasteiger partial charge on any atom is 0.331 e. The van der Waals surface area contributed by atoms with Gasteiger partial charge in [-0.3, -0.25) is 4.79 Å². The Labute approximate surface area is 169 Å². The normalized spacial score (nSPS) is 16.6. The van der Waals surface area contributed by atoms with Crippen LogP contribution in [0.25, 0.3) is 0 Å². The van der Waals surface area contributed by atoms with E-state index in [1.807, 2.05) is 54.3 Å². The van der Waals surface area contributed by atoms with E-state index in [1.165, 1.54) is 0 Å². The number of amides is 1. The van der Waals surface area contributed by atoms with Gasteiger partial charge in [0.15, 0.2) is 5.75 Å². The molecule has 0 saturated carbocycles. The van der Waals surface area contributed by atoms with Crippen LogP contribution < -0.4 is 14.5 Å². The van der Waals surface area contributed by atoms with Crippen molar-refractivity contribution in [3.63, 3.8) is 0 Å². The molecule has 2 aliphatic rings. The number of piperazine rings is 1. The molecule has 2 aliphatic heterocycles. The average Bonchev–Trinajstić information content (AvgIpc) is 2.67. The molecule has 1 saturated heterocycles. The zero-order valence-electron chi connectivity index (χ0n) is 15.7. The van der Waals surface area contributed by atoms with Gasteiger partial charge in [0.2, 0.25) is 5.91 Å². The first-order chi connectivity index (χ1) is 13.5. The minimum atomic E-state index is -0.336. The van der Waals surface area contributed by atoms with Crippen molar-refractivity contribution in [3.8, 4) is 5.75 Å². The molecule has 6 nitrogen and oxygen atoms in total. The molecule has 0 unspecified atom stereocenters. The van der Waals surface area contributed by atoms with Crippen LogP contribution in [-0.2, 0) is 9.59 Å². The second-order valence-corrected chi connectivity index (χ2v) is 7.59. The van der Waals surface area contributed by atoms with Crippen molar-refractivity contribution in [2.24, 2.45) is 0 Å². The molecule has 0 spiro atoms. The number of benzene rings is 2. The third-order valence-electron chi connectivity index (χ3n) is 5.13. The van der Waals surface area contributed by atoms with Crippen LogP contribution >= 0.6 is 11.6 Å². The summed E-state index contributed by atoms with van der Waals surface area (Å²) in [7, 11) is 0. The standard InChI is InChI=1S/C21H22ClN3O3/c1-15-5-6-18-19(11-15)28-21(27)14-25(18)13-20(26)24-9-7-23(8-10-24)17-4-2-3-16(22)12-17/h2-6,11-12H,7-10,13-14H2,1H3. The second kappa shape index (κ2) is 7.72. The van der Waals surface area contributed by atoms with Crippen molar-refractivity contribution in [2.75, 3.05) is 49.1 Å². The molecule has 2 heterocycles. The maximum atomic E-state index is 12.8. The Hall–Kier alpha value is -2.73. The number of ether oxygens (including phenoxy) is 1. The van der Waals surface area contributed by atoms with E-state index in [4.69, 9.17) is 16.3 Å². The highest BCUT2D eigenvalue weighted by Crippen LogP contribution is 2.32. The Balaban J connectivity index is 1.39. The summed E-state index contributed by atoms with van der Waals surface area (Å²) in [6.45, 7) is 4.99. The number of hydrogen-bond acceptors (Lipinski definition) is 5. The highest BCUT2D eigenvalue weighted by Gasteiger charge is 2.28. The highest BCUT2D eigenvalue weighted by molar-refractivity contribution is 6.30. The van der Waals surface area contributed by atoms with E-state index in [0.29, 0.717) is 23.9 Å². The van der Waals surface area contributed by atoms with Crippen LogP contribution in [0.3, 0.4) is 0 Å². The zero-order chi connectivity index (χ0) is 19.7. The number of esters is 1. The summed E-state index contributed by atoms with van der Waals surface area (Å²) >= 11 is 6.08. The Kier molecular flexibility index (Phi) is 5.13. The van der Waals surface area contributed by atoms with Gasteiger partial charge in [0.05, 0.1) is 12.2 Å². The molecule has 2 aromatic carbocycles. The molecule has 1 amide bonds. The summed E-state index contributed by atoms with van der Waals surface area (Å²) in [6, 6.07) is 13.4. The maximum absolute atomic E-state index is 12.8. The molecular weight excluding hydrogens is 378 g/mol. The first-order valence-corrected chi connectivity index (χ1v) is 9.72. The topological polar surface area (TPSA) is 53.1 Å². The Morgan fingerprint density at radius 3 is 2.64 bits per heavy atom. The number of anilines is 2. The Morgan fingerprint density at radius 1 is 1.11 bits per heavy atom. The van der Waals surface area contributed by atoms with Crippen LogP contribution in [0.1, 0.15) is 5.56 Å². The van der Waals surface area contributed by atoms with Gasteiger partial charge in [-0.05, 0) is 42.8 Å². The van der Waals surface area contributed by atoms with Gasteiger partial charge in [0.1, 0.15) is 6.54 Å². The fraction of sp³-hybridized carbons (Fsp3) is 0.333. The molecule has 0 aliphatic carbocycles. The number of carbonyl (C=O) groups excluding carboxylic acids is 2. The van der Waals surface area contributed by atoms with Crippen LogP contribution in [0.4, 0.5) is 11.4 Å². The Morgan fingerprint density at radius 2 is 1.89 bits per heavy atom. The van der Waals surface area contributed by atoms with Crippen molar-refractivity contribution < 1.29 is 14.3 Å². The highest BCUT2D eigenvalue weighted by atomic mass is 35.5. The average molecular weight is 400 g/mol. The molecule has 1 fully saturated rings. The Bertz CT molecular complexity index is 910. The molecule has 0 N–H and O–H groups in total. The predicted molar refractivity (Wildman–Crippen MR) is 109 cm³/mol. The molecule has 7 heteroatoms. The summed E-state index contributed by atoms with van der Waals surface area (Å²) in [5, 5.41) is 0.710. The molecule has 2 aromatic rings. The summed E-state index contributed by atoms with van der Waals surface area (Å²) in [6.07, 6.45) is 0. The molecule has 0 bridgehead atoms. The third kappa shape index (κ3) is 3.92. The van der Waals surface area contributed by atoms with Crippen molar-refractivity contribution in [1.82, 2.24) is 4.90 Å². The SMILES string of the molecule is Cc1ccc2c(c1)OC(=O)CN2CC(=O)N1CCN(c2cccc(Cl)c2)CC1. The summed E-state index contributed by atoms with van der Waals surface area (Å²) in [5.41, 5.74) is 2.87. The lowest BCUT2D eigenvalue weighted by Gasteiger charge is -2.37. The van der Waals surface area contributed by atoms with Gasteiger partial charge in [-0.2, -0.15) is 0 Å². The zero-order valence-corrected chi connectivity index (χ0v) is 16.5. The lowest BCUT2D eigenvalue weighted by molar-refractivity contribution is -0.133. The number of aryl methyl sites for hydroxylation is 1. The first-order valence-electron chi connectivity index (χ1n) is 9.34. The summed E-state index contributed by atoms with van der Waals surface area (Å²) in [5.74, 6) is 0.207. The van der Waals surface area contributed by atoms with Crippen molar-refractivity contribution in [1.29, 1.82) is 0 Å². The van der Waals surface area contributed by atoms with E-state index in [-0.39, 0.29) is 25.0 Å². The fourth-order valence-electron chi connectivity index (χ4n) is 3.65. The minimum absolute atomic E-state index is 0.0203. The van der Waals surface area contributed by atoms with Crippen LogP contribution in [0, 0.1) is 6.92 Å². The van der Waals surface area contributed by atoms with E-state index < -0.39 is 0 Å². The number of nitrogens with zero attached hydrogens (tertiary/aromatic N) is 3. The second-order valence-electron chi connectivity index (χ2n) is 7.15. The van der Waals surface area contributed by atoms with Gasteiger partial charge >= 0.3 is 5.97 Å². The van der Waals surface area contributed by atoms with Gasteiger partial charge < -0.3 is 19.4 Å². The molecule has 146 valence electrons. The van der Waals surface area contributed by atoms with Crippen molar-refractivity contribution >= 4 is 34.9 Å². The predicted octanol–water partition coefficient (Wildman–Crippen LogP) is 2.72. The number of carbonyl (C=O) groups is 2. The van der Waals surface area contributed by atoms with Crippen LogP contribution in [0.2, 0.25) is 5.02 Å². The number of rotatable bonds is 3. The summed E-state index contributed by atoms with van der Waals surface area (Å²) in [4.78, 5) is 30.6. The van der Waals surface area contributed by atoms with Gasteiger partial charge in [-0.25, -0.2) is 4.79 Å². The molecule has 0 radical (unpaired) electrons. The van der Waals surface area contributed by atoms with Crippen LogP contribution in [0.5, 0.6) is 5.75 Å². The number of hydrogen-bond donors (Lipinski definition) is 0. The molecule has 4 rings (SSSR count). The van der Waals surface area contributed by atoms with Gasteiger partial charge in [-0.1, -0.05) is 23.7 Å². The van der Waals surface area contributed by atoms with Gasteiger partial charge in [0.25, 0.3) is 0 Å². The van der Waals surface area contributed by atoms with Crippen LogP contribution in [-0.4, -0.2) is 56.0 Å². The minimum Gasteiger partial charge on any atom is -0.423 e. The number of halogens is 1. The van der Waals surface area contributed by atoms with Gasteiger partial charge in [0, 0.05) is 36.9 Å². The van der Waals surface area contributed by atoms with Crippen molar-refractivity contribution in [3.05, 3.63) is 53.1 Å². The van der Waals surface area contributed by atoms with E-state index >= 15 is 0 Å². The van der Waals surface area contributed by atoms with Crippen molar-refractivity contribution in [2.45, 2.75) is 6.92 Å². The smallest absolute Gasteiger partial charge is 0.331 e. The first kappa shape index (κ1) is 18.6. The van der Waals surface area contributed by atoms with E-state index in [9.17, 15) is 9.59 Å². The largest absolute Gasteiger partial charge is 0.423 e. The van der Waals surface area contributed by atoms with Crippen LogP contribution in [0.15, 0.2) is 42.5 Å². The fourth-order valence-corrected chi connectivity index (χ4v) is 3.84. The third-order valence-corrected chi connectivity index (χ3v) is 5.37. The van der Waals surface area contributed by atoms with Gasteiger partial charge in [-0.15, -0.1) is 0 Å². The monoisotopic (exact) mass is 399 g/mol. The molecule has 0 atom stereocenters. The lowest BCUT2D eigenvalue weighted by Crippen LogP contribution is -2.52. The molecular formula is C21H22ClN3O3. The number of fused-ring (bicyclic) bond motifs is 1. The molecule has 28 heavy (non-hydrogen) atoms.